The van der Waals surface area contributed by atoms with Crippen LogP contribution in [0.5, 0.6) is 0 Å². The SMILES string of the molecule is O=C(c1ccnn1C(F)F)N1CCC(c2cc3ncccc3c(=O)[nH]2)CC1. The first-order valence-corrected chi connectivity index (χ1v) is 8.63. The summed E-state index contributed by atoms with van der Waals surface area (Å²) < 4.78 is 26.3. The minimum atomic E-state index is -2.85. The van der Waals surface area contributed by atoms with Crippen molar-refractivity contribution in [3.63, 3.8) is 0 Å². The molecule has 140 valence electrons. The number of nitrogens with zero attached hydrogens (tertiary/aromatic N) is 4. The molecule has 0 aromatic carbocycles. The highest BCUT2D eigenvalue weighted by atomic mass is 19.3. The highest BCUT2D eigenvalue weighted by molar-refractivity contribution is 5.92. The summed E-state index contributed by atoms with van der Waals surface area (Å²) in [6, 6.07) is 6.60. The third kappa shape index (κ3) is 3.20. The standard InChI is InChI=1S/C18H17F2N5O2/c19-18(20)25-15(3-7-22-25)17(27)24-8-4-11(5-9-24)13-10-14-12(16(26)23-13)2-1-6-21-14/h1-3,6-7,10-11,18H,4-5,8-9H2,(H,23,26). The van der Waals surface area contributed by atoms with Gasteiger partial charge in [0.1, 0.15) is 5.69 Å². The van der Waals surface area contributed by atoms with E-state index >= 15 is 0 Å². The molecule has 3 aromatic heterocycles. The van der Waals surface area contributed by atoms with Crippen LogP contribution in [0.15, 0.2) is 41.5 Å². The van der Waals surface area contributed by atoms with E-state index in [0.717, 1.165) is 5.69 Å². The van der Waals surface area contributed by atoms with Gasteiger partial charge in [0.15, 0.2) is 0 Å². The molecule has 1 saturated heterocycles. The van der Waals surface area contributed by atoms with Crippen molar-refractivity contribution in [2.24, 2.45) is 0 Å². The van der Waals surface area contributed by atoms with Crippen molar-refractivity contribution < 1.29 is 13.6 Å². The van der Waals surface area contributed by atoms with Gasteiger partial charge in [-0.15, -0.1) is 0 Å². The van der Waals surface area contributed by atoms with Crippen LogP contribution in [0.25, 0.3) is 10.9 Å². The molecule has 0 atom stereocenters. The lowest BCUT2D eigenvalue weighted by molar-refractivity contribution is 0.0451. The first kappa shape index (κ1) is 17.3. The Labute approximate surface area is 152 Å². The van der Waals surface area contributed by atoms with Crippen LogP contribution in [0, 0.1) is 0 Å². The molecule has 0 aliphatic carbocycles. The number of likely N-dealkylation sites (tertiary alicyclic amines) is 1. The fraction of sp³-hybridized carbons (Fsp3) is 0.333. The lowest BCUT2D eigenvalue weighted by atomic mass is 9.92. The average Bonchev–Trinajstić information content (AvgIpc) is 3.18. The molecule has 0 radical (unpaired) electrons. The van der Waals surface area contributed by atoms with Gasteiger partial charge in [-0.3, -0.25) is 14.6 Å². The summed E-state index contributed by atoms with van der Waals surface area (Å²) in [7, 11) is 0. The van der Waals surface area contributed by atoms with E-state index in [1.165, 1.54) is 12.3 Å². The van der Waals surface area contributed by atoms with Gasteiger partial charge in [-0.2, -0.15) is 18.6 Å². The maximum atomic E-state index is 12.9. The van der Waals surface area contributed by atoms with Gasteiger partial charge in [-0.05, 0) is 37.1 Å². The van der Waals surface area contributed by atoms with Gasteiger partial charge in [0.25, 0.3) is 11.5 Å². The van der Waals surface area contributed by atoms with E-state index in [0.29, 0.717) is 41.5 Å². The maximum absolute atomic E-state index is 12.9. The van der Waals surface area contributed by atoms with E-state index < -0.39 is 12.5 Å². The number of aromatic amines is 1. The van der Waals surface area contributed by atoms with Crippen molar-refractivity contribution in [1.82, 2.24) is 24.6 Å². The highest BCUT2D eigenvalue weighted by Crippen LogP contribution is 2.28. The Kier molecular flexibility index (Phi) is 4.43. The number of H-pyrrole nitrogens is 1. The monoisotopic (exact) mass is 373 g/mol. The lowest BCUT2D eigenvalue weighted by Gasteiger charge is -2.32. The Hall–Kier alpha value is -3.10. The molecule has 1 aliphatic rings. The summed E-state index contributed by atoms with van der Waals surface area (Å²) in [6.45, 7) is -2.02. The second kappa shape index (κ2) is 6.90. The van der Waals surface area contributed by atoms with Crippen LogP contribution in [-0.4, -0.2) is 43.6 Å². The number of nitrogens with one attached hydrogen (secondary N) is 1. The number of fused-ring (bicyclic) bond motifs is 1. The van der Waals surface area contributed by atoms with Crippen LogP contribution in [0.4, 0.5) is 8.78 Å². The molecule has 0 unspecified atom stereocenters. The van der Waals surface area contributed by atoms with Gasteiger partial charge in [0.2, 0.25) is 0 Å². The van der Waals surface area contributed by atoms with Crippen molar-refractivity contribution in [3.05, 3.63) is 58.4 Å². The number of aromatic nitrogens is 4. The van der Waals surface area contributed by atoms with Crippen LogP contribution >= 0.6 is 0 Å². The predicted octanol–water partition coefficient (Wildman–Crippen LogP) is 2.53. The Morgan fingerprint density at radius 1 is 1.22 bits per heavy atom. The van der Waals surface area contributed by atoms with Crippen molar-refractivity contribution in [2.45, 2.75) is 25.3 Å². The zero-order valence-electron chi connectivity index (χ0n) is 14.3. The number of alkyl halides is 2. The van der Waals surface area contributed by atoms with E-state index in [2.05, 4.69) is 15.1 Å². The molecule has 9 heteroatoms. The van der Waals surface area contributed by atoms with E-state index in [4.69, 9.17) is 0 Å². The fourth-order valence-electron chi connectivity index (χ4n) is 3.52. The number of hydrogen-bond acceptors (Lipinski definition) is 4. The summed E-state index contributed by atoms with van der Waals surface area (Å²) in [5.74, 6) is -0.381. The first-order valence-electron chi connectivity index (χ1n) is 8.63. The quantitative estimate of drug-likeness (QED) is 0.765. The Balaban J connectivity index is 1.50. The summed E-state index contributed by atoms with van der Waals surface area (Å²) in [5, 5.41) is 4.04. The molecule has 1 N–H and O–H groups in total. The topological polar surface area (TPSA) is 83.9 Å². The average molecular weight is 373 g/mol. The molecular formula is C18H17F2N5O2. The molecule has 0 bridgehead atoms. The van der Waals surface area contributed by atoms with Crippen LogP contribution < -0.4 is 5.56 Å². The number of pyridine rings is 2. The lowest BCUT2D eigenvalue weighted by Crippen LogP contribution is -2.39. The second-order valence-corrected chi connectivity index (χ2v) is 6.50. The molecule has 7 nitrogen and oxygen atoms in total. The van der Waals surface area contributed by atoms with Crippen LogP contribution in [0.3, 0.4) is 0 Å². The van der Waals surface area contributed by atoms with Crippen LogP contribution in [0.1, 0.15) is 41.5 Å². The second-order valence-electron chi connectivity index (χ2n) is 6.50. The largest absolute Gasteiger partial charge is 0.337 e. The van der Waals surface area contributed by atoms with Crippen molar-refractivity contribution in [2.75, 3.05) is 13.1 Å². The minimum Gasteiger partial charge on any atom is -0.337 e. The molecule has 4 heterocycles. The van der Waals surface area contributed by atoms with Gasteiger partial charge in [-0.25, -0.2) is 0 Å². The van der Waals surface area contributed by atoms with E-state index in [-0.39, 0.29) is 17.2 Å². The molecule has 1 amide bonds. The highest BCUT2D eigenvalue weighted by Gasteiger charge is 2.28. The third-order valence-corrected chi connectivity index (χ3v) is 4.93. The number of carbonyl (C=O) groups excluding carboxylic acids is 1. The molecule has 27 heavy (non-hydrogen) atoms. The van der Waals surface area contributed by atoms with Gasteiger partial charge < -0.3 is 9.88 Å². The molecule has 4 rings (SSSR count). The van der Waals surface area contributed by atoms with Crippen LogP contribution in [-0.2, 0) is 0 Å². The van der Waals surface area contributed by atoms with Crippen molar-refractivity contribution in [3.8, 4) is 0 Å². The first-order chi connectivity index (χ1) is 13.0. The third-order valence-electron chi connectivity index (χ3n) is 4.93. The zero-order valence-corrected chi connectivity index (χ0v) is 14.3. The Morgan fingerprint density at radius 3 is 2.74 bits per heavy atom. The van der Waals surface area contributed by atoms with Gasteiger partial charge in [0, 0.05) is 37.1 Å². The van der Waals surface area contributed by atoms with E-state index in [1.54, 1.807) is 23.2 Å². The smallest absolute Gasteiger partial charge is 0.333 e. The molecule has 0 saturated carbocycles. The molecule has 1 fully saturated rings. The predicted molar refractivity (Wildman–Crippen MR) is 93.7 cm³/mol. The van der Waals surface area contributed by atoms with Gasteiger partial charge in [-0.1, -0.05) is 0 Å². The maximum Gasteiger partial charge on any atom is 0.333 e. The summed E-state index contributed by atoms with van der Waals surface area (Å²) in [6.07, 6.45) is 4.09. The summed E-state index contributed by atoms with van der Waals surface area (Å²) in [5.41, 5.74) is 1.12. The van der Waals surface area contributed by atoms with Crippen molar-refractivity contribution in [1.29, 1.82) is 0 Å². The number of rotatable bonds is 3. The summed E-state index contributed by atoms with van der Waals surface area (Å²) in [4.78, 5) is 33.4. The number of piperidine rings is 1. The normalized spacial score (nSPS) is 15.6. The van der Waals surface area contributed by atoms with Crippen molar-refractivity contribution >= 4 is 16.8 Å². The zero-order chi connectivity index (χ0) is 19.0. The molecular weight excluding hydrogens is 356 g/mol. The number of amides is 1. The molecule has 3 aromatic rings. The van der Waals surface area contributed by atoms with Crippen LogP contribution in [0.2, 0.25) is 0 Å². The number of hydrogen-bond donors (Lipinski definition) is 1. The minimum absolute atomic E-state index is 0.0770. The number of halogens is 2. The molecule has 1 aliphatic heterocycles. The van der Waals surface area contributed by atoms with Gasteiger partial charge in [0.05, 0.1) is 10.9 Å². The Bertz CT molecular complexity index is 1040. The Morgan fingerprint density at radius 2 is 2.00 bits per heavy atom. The fourth-order valence-corrected chi connectivity index (χ4v) is 3.52. The summed E-state index contributed by atoms with van der Waals surface area (Å²) >= 11 is 0. The van der Waals surface area contributed by atoms with E-state index in [9.17, 15) is 18.4 Å². The molecule has 0 spiro atoms. The van der Waals surface area contributed by atoms with E-state index in [1.807, 2.05) is 6.07 Å². The van der Waals surface area contributed by atoms with Gasteiger partial charge >= 0.3 is 6.55 Å². The number of carbonyl (C=O) groups is 1.